The number of carbonyl (C=O) groups is 1. The molecule has 0 N–H and O–H groups in total. The Morgan fingerprint density at radius 2 is 1.79 bits per heavy atom. The number of rotatable bonds is 6. The molecule has 0 spiro atoms. The summed E-state index contributed by atoms with van der Waals surface area (Å²) in [5.74, 6) is 0.854. The highest BCUT2D eigenvalue weighted by Gasteiger charge is 2.33. The van der Waals surface area contributed by atoms with Crippen LogP contribution in [0.2, 0.25) is 0 Å². The minimum Gasteiger partial charge on any atom is -0.497 e. The quantitative estimate of drug-likeness (QED) is 0.509. The van der Waals surface area contributed by atoms with Gasteiger partial charge in [-0.25, -0.2) is 9.79 Å². The summed E-state index contributed by atoms with van der Waals surface area (Å²) in [5.41, 5.74) is 2.17. The maximum atomic E-state index is 13.7. The molecule has 0 radical (unpaired) electrons. The van der Waals surface area contributed by atoms with E-state index in [1.807, 2.05) is 36.4 Å². The number of nitrogens with zero attached hydrogens (tertiary/aromatic N) is 2. The second kappa shape index (κ2) is 9.69. The standard InChI is InChI=1S/C26H26N2O5S/c1-15(2)33-25(30)22-16(3)27-26-28(23(22)17-10-12-19(31-4)13-11-17)24(29)21(34-26)14-18-8-6-7-9-20(18)32-5/h6-15,23H,1-5H3/b21-14-/t23-/m1/s1. The second-order valence-electron chi connectivity index (χ2n) is 8.05. The van der Waals surface area contributed by atoms with Crippen LogP contribution in [0.25, 0.3) is 6.08 Å². The molecule has 0 aliphatic carbocycles. The number of methoxy groups -OCH3 is 2. The highest BCUT2D eigenvalue weighted by Crippen LogP contribution is 2.32. The van der Waals surface area contributed by atoms with Crippen LogP contribution < -0.4 is 24.4 Å². The third-order valence-electron chi connectivity index (χ3n) is 5.44. The lowest BCUT2D eigenvalue weighted by Crippen LogP contribution is -2.40. The maximum absolute atomic E-state index is 13.7. The normalized spacial score (nSPS) is 15.7. The summed E-state index contributed by atoms with van der Waals surface area (Å²) in [4.78, 5) is 31.9. The Morgan fingerprint density at radius 1 is 1.09 bits per heavy atom. The number of benzene rings is 2. The molecule has 4 rings (SSSR count). The molecule has 176 valence electrons. The average Bonchev–Trinajstić information content (AvgIpc) is 3.12. The lowest BCUT2D eigenvalue weighted by molar-refractivity contribution is -0.143. The van der Waals surface area contributed by atoms with Crippen molar-refractivity contribution in [3.63, 3.8) is 0 Å². The zero-order chi connectivity index (χ0) is 24.4. The first-order valence-corrected chi connectivity index (χ1v) is 11.7. The maximum Gasteiger partial charge on any atom is 0.338 e. The van der Waals surface area contributed by atoms with E-state index < -0.39 is 12.0 Å². The van der Waals surface area contributed by atoms with Gasteiger partial charge in [0.25, 0.3) is 5.56 Å². The van der Waals surface area contributed by atoms with E-state index in [1.165, 1.54) is 11.3 Å². The molecule has 34 heavy (non-hydrogen) atoms. The fourth-order valence-electron chi connectivity index (χ4n) is 3.89. The van der Waals surface area contributed by atoms with Crippen molar-refractivity contribution < 1.29 is 19.0 Å². The summed E-state index contributed by atoms with van der Waals surface area (Å²) in [7, 11) is 3.18. The van der Waals surface area contributed by atoms with E-state index in [-0.39, 0.29) is 11.7 Å². The summed E-state index contributed by atoms with van der Waals surface area (Å²) >= 11 is 1.28. The van der Waals surface area contributed by atoms with Crippen LogP contribution >= 0.6 is 11.3 Å². The molecule has 2 aromatic carbocycles. The minimum absolute atomic E-state index is 0.238. The molecule has 1 atom stereocenters. The van der Waals surface area contributed by atoms with Crippen LogP contribution in [-0.2, 0) is 9.53 Å². The molecule has 0 amide bonds. The van der Waals surface area contributed by atoms with E-state index in [0.29, 0.717) is 32.1 Å². The number of para-hydroxylation sites is 1. The van der Waals surface area contributed by atoms with E-state index in [9.17, 15) is 9.59 Å². The Balaban J connectivity index is 1.95. The van der Waals surface area contributed by atoms with E-state index in [2.05, 4.69) is 4.99 Å². The van der Waals surface area contributed by atoms with Crippen LogP contribution in [0.5, 0.6) is 11.5 Å². The third-order valence-corrected chi connectivity index (χ3v) is 6.42. The molecule has 7 nitrogen and oxygen atoms in total. The van der Waals surface area contributed by atoms with Crippen LogP contribution in [0.3, 0.4) is 0 Å². The van der Waals surface area contributed by atoms with Crippen molar-refractivity contribution in [2.24, 2.45) is 4.99 Å². The number of aromatic nitrogens is 1. The van der Waals surface area contributed by atoms with Gasteiger partial charge in [0.15, 0.2) is 4.80 Å². The van der Waals surface area contributed by atoms with Crippen molar-refractivity contribution in [2.75, 3.05) is 14.2 Å². The van der Waals surface area contributed by atoms with Crippen LogP contribution in [0, 0.1) is 0 Å². The Kier molecular flexibility index (Phi) is 6.70. The van der Waals surface area contributed by atoms with Gasteiger partial charge in [-0.2, -0.15) is 0 Å². The number of thiazole rings is 1. The third kappa shape index (κ3) is 4.41. The fourth-order valence-corrected chi connectivity index (χ4v) is 4.93. The van der Waals surface area contributed by atoms with E-state index in [4.69, 9.17) is 14.2 Å². The Hall–Kier alpha value is -3.65. The number of carbonyl (C=O) groups excluding carboxylic acids is 1. The van der Waals surface area contributed by atoms with Gasteiger partial charge in [-0.15, -0.1) is 0 Å². The predicted octanol–water partition coefficient (Wildman–Crippen LogP) is 3.20. The number of hydrogen-bond donors (Lipinski definition) is 0. The fraction of sp³-hybridized carbons (Fsp3) is 0.269. The first-order chi connectivity index (χ1) is 16.3. The SMILES string of the molecule is COc1ccc([C@@H]2C(C(=O)OC(C)C)=C(C)N=c3s/c(=C\c4ccccc4OC)c(=O)n32)cc1. The van der Waals surface area contributed by atoms with Gasteiger partial charge in [0.2, 0.25) is 0 Å². The van der Waals surface area contributed by atoms with E-state index >= 15 is 0 Å². The van der Waals surface area contributed by atoms with Gasteiger partial charge < -0.3 is 14.2 Å². The molecular formula is C26H26N2O5S. The van der Waals surface area contributed by atoms with Crippen LogP contribution in [-0.4, -0.2) is 30.9 Å². The second-order valence-corrected chi connectivity index (χ2v) is 9.06. The monoisotopic (exact) mass is 478 g/mol. The highest BCUT2D eigenvalue weighted by molar-refractivity contribution is 7.07. The zero-order valence-electron chi connectivity index (χ0n) is 19.7. The molecule has 0 fully saturated rings. The number of allylic oxidation sites excluding steroid dienone is 1. The molecule has 0 saturated heterocycles. The van der Waals surface area contributed by atoms with Crippen molar-refractivity contribution in [1.82, 2.24) is 4.57 Å². The number of ether oxygens (including phenoxy) is 3. The molecule has 8 heteroatoms. The van der Waals surface area contributed by atoms with Crippen molar-refractivity contribution in [1.29, 1.82) is 0 Å². The summed E-state index contributed by atoms with van der Waals surface area (Å²) in [6, 6.07) is 14.1. The van der Waals surface area contributed by atoms with Gasteiger partial charge in [0.05, 0.1) is 42.2 Å². The van der Waals surface area contributed by atoms with Crippen LogP contribution in [0.15, 0.2) is 69.6 Å². The van der Waals surface area contributed by atoms with Gasteiger partial charge in [0, 0.05) is 5.56 Å². The van der Waals surface area contributed by atoms with Crippen molar-refractivity contribution in [3.05, 3.63) is 90.6 Å². The lowest BCUT2D eigenvalue weighted by Gasteiger charge is -2.25. The summed E-state index contributed by atoms with van der Waals surface area (Å²) in [6.07, 6.45) is 1.48. The molecule has 0 saturated carbocycles. The van der Waals surface area contributed by atoms with Crippen LogP contribution in [0.4, 0.5) is 0 Å². The van der Waals surface area contributed by atoms with Gasteiger partial charge in [0.1, 0.15) is 11.5 Å². The molecule has 1 aromatic heterocycles. The molecule has 1 aliphatic rings. The number of esters is 1. The number of fused-ring (bicyclic) bond motifs is 1. The summed E-state index contributed by atoms with van der Waals surface area (Å²) < 4.78 is 18.3. The smallest absolute Gasteiger partial charge is 0.338 e. The largest absolute Gasteiger partial charge is 0.497 e. The lowest BCUT2D eigenvalue weighted by atomic mass is 9.96. The molecule has 3 aromatic rings. The van der Waals surface area contributed by atoms with Crippen molar-refractivity contribution in [3.8, 4) is 11.5 Å². The van der Waals surface area contributed by atoms with Gasteiger partial charge in [-0.3, -0.25) is 9.36 Å². The van der Waals surface area contributed by atoms with E-state index in [1.54, 1.807) is 57.8 Å². The van der Waals surface area contributed by atoms with Gasteiger partial charge in [-0.1, -0.05) is 41.7 Å². The molecule has 0 unspecified atom stereocenters. The Morgan fingerprint density at radius 3 is 2.44 bits per heavy atom. The summed E-state index contributed by atoms with van der Waals surface area (Å²) in [6.45, 7) is 5.35. The zero-order valence-corrected chi connectivity index (χ0v) is 20.5. The topological polar surface area (TPSA) is 79.1 Å². The number of hydrogen-bond acceptors (Lipinski definition) is 7. The van der Waals surface area contributed by atoms with Crippen LogP contribution in [0.1, 0.15) is 37.9 Å². The highest BCUT2D eigenvalue weighted by atomic mass is 32.1. The first-order valence-electron chi connectivity index (χ1n) is 10.8. The van der Waals surface area contributed by atoms with E-state index in [0.717, 1.165) is 11.1 Å². The molecule has 2 heterocycles. The minimum atomic E-state index is -0.673. The Labute approximate surface area is 201 Å². The average molecular weight is 479 g/mol. The molecule has 1 aliphatic heterocycles. The summed E-state index contributed by atoms with van der Waals surface area (Å²) in [5, 5.41) is 0. The molecular weight excluding hydrogens is 452 g/mol. The van der Waals surface area contributed by atoms with Crippen molar-refractivity contribution in [2.45, 2.75) is 32.9 Å². The molecule has 0 bridgehead atoms. The Bertz CT molecular complexity index is 1430. The van der Waals surface area contributed by atoms with Gasteiger partial charge in [-0.05, 0) is 50.6 Å². The predicted molar refractivity (Wildman–Crippen MR) is 131 cm³/mol. The first kappa shape index (κ1) is 23.5. The van der Waals surface area contributed by atoms with Crippen molar-refractivity contribution >= 4 is 23.4 Å². The van der Waals surface area contributed by atoms with Gasteiger partial charge >= 0.3 is 5.97 Å².